The first-order valence-electron chi connectivity index (χ1n) is 5.63. The van der Waals surface area contributed by atoms with Gasteiger partial charge in [0.15, 0.2) is 5.76 Å². The molecule has 94 valence electrons. The number of hydrogen-bond acceptors (Lipinski definition) is 4. The van der Waals surface area contributed by atoms with E-state index in [-0.39, 0.29) is 5.89 Å². The van der Waals surface area contributed by atoms with Crippen molar-refractivity contribution in [3.63, 3.8) is 0 Å². The molecule has 0 fully saturated rings. The third-order valence-corrected chi connectivity index (χ3v) is 2.30. The van der Waals surface area contributed by atoms with Gasteiger partial charge in [0, 0.05) is 5.56 Å². The summed E-state index contributed by atoms with van der Waals surface area (Å²) in [7, 11) is 0. The van der Waals surface area contributed by atoms with Gasteiger partial charge in [-0.3, -0.25) is 0 Å². The van der Waals surface area contributed by atoms with Gasteiger partial charge in [0.05, 0.1) is 12.8 Å². The molecule has 0 amide bonds. The predicted molar refractivity (Wildman–Crippen MR) is 64.7 cm³/mol. The zero-order valence-corrected chi connectivity index (χ0v) is 9.92. The summed E-state index contributed by atoms with van der Waals surface area (Å²) in [5, 5.41) is 8.71. The molecule has 2 rings (SSSR count). The highest BCUT2D eigenvalue weighted by atomic mass is 16.5. The average Bonchev–Trinajstić information content (AvgIpc) is 2.87. The SMILES string of the molecule is CCCOc1ccc(-c2cnc(C(=O)O)o2)cc1. The van der Waals surface area contributed by atoms with Crippen LogP contribution in [0.4, 0.5) is 0 Å². The number of ether oxygens (including phenoxy) is 1. The fourth-order valence-electron chi connectivity index (χ4n) is 1.44. The molecule has 18 heavy (non-hydrogen) atoms. The van der Waals surface area contributed by atoms with Gasteiger partial charge in [-0.15, -0.1) is 0 Å². The molecule has 1 heterocycles. The smallest absolute Gasteiger partial charge is 0.392 e. The molecule has 0 spiro atoms. The van der Waals surface area contributed by atoms with E-state index in [9.17, 15) is 4.79 Å². The second-order valence-electron chi connectivity index (χ2n) is 3.71. The highest BCUT2D eigenvalue weighted by molar-refractivity contribution is 5.82. The lowest BCUT2D eigenvalue weighted by Gasteiger charge is -2.04. The maximum atomic E-state index is 10.6. The minimum absolute atomic E-state index is 0.309. The molecule has 0 aliphatic rings. The lowest BCUT2D eigenvalue weighted by Crippen LogP contribution is -1.94. The Labute approximate surface area is 104 Å². The number of carbonyl (C=O) groups is 1. The summed E-state index contributed by atoms with van der Waals surface area (Å²) in [6.45, 7) is 2.71. The third kappa shape index (κ3) is 2.68. The van der Waals surface area contributed by atoms with Crippen molar-refractivity contribution in [2.45, 2.75) is 13.3 Å². The molecule has 1 aromatic heterocycles. The molecule has 0 unspecified atom stereocenters. The molecule has 1 aromatic carbocycles. The summed E-state index contributed by atoms with van der Waals surface area (Å²) in [6, 6.07) is 7.23. The Hall–Kier alpha value is -2.30. The average molecular weight is 247 g/mol. The van der Waals surface area contributed by atoms with Crippen LogP contribution < -0.4 is 4.74 Å². The van der Waals surface area contributed by atoms with E-state index in [1.54, 1.807) is 12.1 Å². The van der Waals surface area contributed by atoms with Crippen LogP contribution in [0.3, 0.4) is 0 Å². The minimum atomic E-state index is -1.18. The van der Waals surface area contributed by atoms with E-state index in [1.165, 1.54) is 6.20 Å². The van der Waals surface area contributed by atoms with Crippen LogP contribution in [0, 0.1) is 0 Å². The molecular formula is C13H13NO4. The van der Waals surface area contributed by atoms with Crippen LogP contribution in [0.1, 0.15) is 24.0 Å². The molecule has 0 aliphatic heterocycles. The largest absolute Gasteiger partial charge is 0.494 e. The highest BCUT2D eigenvalue weighted by Crippen LogP contribution is 2.23. The number of rotatable bonds is 5. The van der Waals surface area contributed by atoms with Crippen LogP contribution in [0.25, 0.3) is 11.3 Å². The van der Waals surface area contributed by atoms with Crippen molar-refractivity contribution in [2.24, 2.45) is 0 Å². The predicted octanol–water partition coefficient (Wildman–Crippen LogP) is 2.83. The van der Waals surface area contributed by atoms with Gasteiger partial charge in [0.2, 0.25) is 0 Å². The van der Waals surface area contributed by atoms with E-state index < -0.39 is 5.97 Å². The van der Waals surface area contributed by atoms with Gasteiger partial charge in [-0.25, -0.2) is 9.78 Å². The Morgan fingerprint density at radius 3 is 2.67 bits per heavy atom. The number of carboxylic acid groups (broad SMARTS) is 1. The van der Waals surface area contributed by atoms with Crippen LogP contribution in [-0.4, -0.2) is 22.7 Å². The summed E-state index contributed by atoms with van der Waals surface area (Å²) in [6.07, 6.45) is 2.34. The number of oxazole rings is 1. The standard InChI is InChI=1S/C13H13NO4/c1-2-7-17-10-5-3-9(4-6-10)11-8-14-12(18-11)13(15)16/h3-6,8H,2,7H2,1H3,(H,15,16). The second-order valence-corrected chi connectivity index (χ2v) is 3.71. The summed E-state index contributed by atoms with van der Waals surface area (Å²) in [5.74, 6) is -0.284. The first-order valence-corrected chi connectivity index (χ1v) is 5.63. The zero-order valence-electron chi connectivity index (χ0n) is 9.92. The number of aromatic nitrogens is 1. The second kappa shape index (κ2) is 5.35. The van der Waals surface area contributed by atoms with E-state index in [2.05, 4.69) is 4.98 Å². The highest BCUT2D eigenvalue weighted by Gasteiger charge is 2.12. The Balaban J connectivity index is 2.15. The molecule has 5 nitrogen and oxygen atoms in total. The van der Waals surface area contributed by atoms with Crippen molar-refractivity contribution >= 4 is 5.97 Å². The number of nitrogens with zero attached hydrogens (tertiary/aromatic N) is 1. The lowest BCUT2D eigenvalue weighted by atomic mass is 10.2. The van der Waals surface area contributed by atoms with Gasteiger partial charge < -0.3 is 14.3 Å². The number of hydrogen-bond donors (Lipinski definition) is 1. The molecule has 5 heteroatoms. The first-order chi connectivity index (χ1) is 8.70. The Morgan fingerprint density at radius 2 is 2.11 bits per heavy atom. The van der Waals surface area contributed by atoms with Crippen molar-refractivity contribution in [3.8, 4) is 17.1 Å². The number of benzene rings is 1. The molecule has 2 aromatic rings. The van der Waals surface area contributed by atoms with E-state index >= 15 is 0 Å². The fraction of sp³-hybridized carbons (Fsp3) is 0.231. The molecule has 0 radical (unpaired) electrons. The van der Waals surface area contributed by atoms with Gasteiger partial charge in [0.1, 0.15) is 5.75 Å². The molecule has 1 N–H and O–H groups in total. The van der Waals surface area contributed by atoms with E-state index in [4.69, 9.17) is 14.3 Å². The maximum absolute atomic E-state index is 10.6. The summed E-state index contributed by atoms with van der Waals surface area (Å²) < 4.78 is 10.5. The molecule has 0 saturated heterocycles. The summed E-state index contributed by atoms with van der Waals surface area (Å²) >= 11 is 0. The number of aromatic carboxylic acids is 1. The maximum Gasteiger partial charge on any atom is 0.392 e. The van der Waals surface area contributed by atoms with E-state index in [0.29, 0.717) is 12.4 Å². The molecule has 0 bridgehead atoms. The third-order valence-electron chi connectivity index (χ3n) is 2.30. The van der Waals surface area contributed by atoms with Crippen LogP contribution in [-0.2, 0) is 0 Å². The Bertz CT molecular complexity index is 530. The minimum Gasteiger partial charge on any atom is -0.494 e. The van der Waals surface area contributed by atoms with E-state index in [1.807, 2.05) is 19.1 Å². The monoisotopic (exact) mass is 247 g/mol. The Morgan fingerprint density at radius 1 is 1.39 bits per heavy atom. The van der Waals surface area contributed by atoms with Crippen molar-refractivity contribution in [1.29, 1.82) is 0 Å². The van der Waals surface area contributed by atoms with Crippen LogP contribution in [0.2, 0.25) is 0 Å². The number of carboxylic acids is 1. The van der Waals surface area contributed by atoms with Gasteiger partial charge in [-0.05, 0) is 30.7 Å². The topological polar surface area (TPSA) is 72.6 Å². The first kappa shape index (κ1) is 12.2. The van der Waals surface area contributed by atoms with Crippen LogP contribution in [0.15, 0.2) is 34.9 Å². The van der Waals surface area contributed by atoms with Gasteiger partial charge in [-0.2, -0.15) is 0 Å². The van der Waals surface area contributed by atoms with Crippen molar-refractivity contribution in [3.05, 3.63) is 36.4 Å². The molecular weight excluding hydrogens is 234 g/mol. The summed E-state index contributed by atoms with van der Waals surface area (Å²) in [4.78, 5) is 14.3. The zero-order chi connectivity index (χ0) is 13.0. The van der Waals surface area contributed by atoms with Crippen molar-refractivity contribution in [1.82, 2.24) is 4.98 Å². The van der Waals surface area contributed by atoms with Gasteiger partial charge in [-0.1, -0.05) is 6.92 Å². The van der Waals surface area contributed by atoms with Crippen molar-refractivity contribution < 1.29 is 19.1 Å². The molecule has 0 aliphatic carbocycles. The van der Waals surface area contributed by atoms with Crippen LogP contribution >= 0.6 is 0 Å². The van der Waals surface area contributed by atoms with Gasteiger partial charge in [0.25, 0.3) is 0 Å². The van der Waals surface area contributed by atoms with Gasteiger partial charge >= 0.3 is 11.9 Å². The van der Waals surface area contributed by atoms with E-state index in [0.717, 1.165) is 17.7 Å². The van der Waals surface area contributed by atoms with Crippen LogP contribution in [0.5, 0.6) is 5.75 Å². The van der Waals surface area contributed by atoms with Crippen molar-refractivity contribution in [2.75, 3.05) is 6.61 Å². The fourth-order valence-corrected chi connectivity index (χ4v) is 1.44. The molecule has 0 saturated carbocycles. The Kier molecular flexibility index (Phi) is 3.62. The summed E-state index contributed by atoms with van der Waals surface area (Å²) in [5.41, 5.74) is 0.763. The lowest BCUT2D eigenvalue weighted by molar-refractivity contribution is 0.0654. The molecule has 0 atom stereocenters. The quantitative estimate of drug-likeness (QED) is 0.879. The normalized spacial score (nSPS) is 10.3.